The molecule has 0 aliphatic rings. The van der Waals surface area contributed by atoms with Gasteiger partial charge in [-0.25, -0.2) is 8.42 Å². The van der Waals surface area contributed by atoms with E-state index in [1.54, 1.807) is 31.4 Å². The second-order valence-electron chi connectivity index (χ2n) is 6.56. The number of methoxy groups -OCH3 is 1. The van der Waals surface area contributed by atoms with Gasteiger partial charge in [0, 0.05) is 6.54 Å². The number of nitrogens with one attached hydrogen (secondary N) is 1. The minimum absolute atomic E-state index is 0.286. The van der Waals surface area contributed by atoms with Crippen molar-refractivity contribution >= 4 is 21.6 Å². The van der Waals surface area contributed by atoms with Gasteiger partial charge in [0.1, 0.15) is 11.8 Å². The third-order valence-electron chi connectivity index (χ3n) is 4.44. The van der Waals surface area contributed by atoms with Crippen LogP contribution in [0.25, 0.3) is 0 Å². The molecule has 2 rings (SSSR count). The van der Waals surface area contributed by atoms with Crippen molar-refractivity contribution in [3.05, 3.63) is 60.2 Å². The molecule has 1 atom stereocenters. The molecule has 0 fully saturated rings. The number of aryl methyl sites for hydroxylation is 1. The average molecular weight is 405 g/mol. The first-order valence-electron chi connectivity index (χ1n) is 9.32. The highest BCUT2D eigenvalue weighted by molar-refractivity contribution is 7.92. The number of ether oxygens (including phenoxy) is 1. The van der Waals surface area contributed by atoms with Crippen molar-refractivity contribution in [2.45, 2.75) is 32.2 Å². The van der Waals surface area contributed by atoms with Gasteiger partial charge < -0.3 is 10.1 Å². The van der Waals surface area contributed by atoms with Crippen LogP contribution in [0.15, 0.2) is 54.6 Å². The Labute approximate surface area is 167 Å². The number of benzene rings is 2. The predicted octanol–water partition coefficient (Wildman–Crippen LogP) is 2.99. The standard InChI is InChI=1S/C21H28N2O4S/c1-4-20(23(28(3,25)26)18-10-6-5-7-11-18)21(24)22-16-8-9-17-12-14-19(27-2)15-13-17/h5-7,10-15,20H,4,8-9,16H2,1-3H3,(H,22,24)/t20-/m0/s1. The third-order valence-corrected chi connectivity index (χ3v) is 5.62. The lowest BCUT2D eigenvalue weighted by atomic mass is 10.1. The number of carbonyl (C=O) groups excluding carboxylic acids is 1. The van der Waals surface area contributed by atoms with Crippen molar-refractivity contribution in [3.8, 4) is 5.75 Å². The lowest BCUT2D eigenvalue weighted by Crippen LogP contribution is -2.49. The molecule has 1 amide bonds. The Morgan fingerprint density at radius 3 is 2.29 bits per heavy atom. The summed E-state index contributed by atoms with van der Waals surface area (Å²) in [7, 11) is -1.96. The van der Waals surface area contributed by atoms with Gasteiger partial charge in [-0.15, -0.1) is 0 Å². The largest absolute Gasteiger partial charge is 0.497 e. The maximum Gasteiger partial charge on any atom is 0.243 e. The SMILES string of the molecule is CC[C@@H](C(=O)NCCCc1ccc(OC)cc1)N(c1ccccc1)S(C)(=O)=O. The zero-order valence-electron chi connectivity index (χ0n) is 16.6. The van der Waals surface area contributed by atoms with Crippen molar-refractivity contribution in [1.29, 1.82) is 0 Å². The summed E-state index contributed by atoms with van der Waals surface area (Å²) in [6.45, 7) is 2.29. The minimum Gasteiger partial charge on any atom is -0.497 e. The number of anilines is 1. The van der Waals surface area contributed by atoms with E-state index in [2.05, 4.69) is 5.32 Å². The highest BCUT2D eigenvalue weighted by Crippen LogP contribution is 2.22. The van der Waals surface area contributed by atoms with Gasteiger partial charge in [0.15, 0.2) is 0 Å². The Hall–Kier alpha value is -2.54. The second kappa shape index (κ2) is 10.1. The quantitative estimate of drug-likeness (QED) is 0.618. The normalized spacial score (nSPS) is 12.2. The van der Waals surface area contributed by atoms with Gasteiger partial charge in [-0.05, 0) is 49.1 Å². The summed E-state index contributed by atoms with van der Waals surface area (Å²) >= 11 is 0. The number of amides is 1. The smallest absolute Gasteiger partial charge is 0.243 e. The number of hydrogen-bond acceptors (Lipinski definition) is 4. The topological polar surface area (TPSA) is 75.7 Å². The van der Waals surface area contributed by atoms with Crippen molar-refractivity contribution in [3.63, 3.8) is 0 Å². The van der Waals surface area contributed by atoms with Crippen LogP contribution in [0.3, 0.4) is 0 Å². The van der Waals surface area contributed by atoms with Crippen molar-refractivity contribution in [1.82, 2.24) is 5.32 Å². The second-order valence-corrected chi connectivity index (χ2v) is 8.42. The highest BCUT2D eigenvalue weighted by atomic mass is 32.2. The van der Waals surface area contributed by atoms with Crippen LogP contribution in [0.5, 0.6) is 5.75 Å². The molecule has 0 aromatic heterocycles. The Morgan fingerprint density at radius 2 is 1.75 bits per heavy atom. The van der Waals surface area contributed by atoms with E-state index in [-0.39, 0.29) is 5.91 Å². The summed E-state index contributed by atoms with van der Waals surface area (Å²) in [6, 6.07) is 15.7. The maximum atomic E-state index is 12.7. The third kappa shape index (κ3) is 5.99. The molecule has 0 radical (unpaired) electrons. The summed E-state index contributed by atoms with van der Waals surface area (Å²) in [5, 5.41) is 2.88. The molecular weight excluding hydrogens is 376 g/mol. The lowest BCUT2D eigenvalue weighted by molar-refractivity contribution is -0.122. The number of rotatable bonds is 10. The van der Waals surface area contributed by atoms with Gasteiger partial charge in [0.25, 0.3) is 0 Å². The van der Waals surface area contributed by atoms with Crippen LogP contribution in [0, 0.1) is 0 Å². The van der Waals surface area contributed by atoms with E-state index in [0.29, 0.717) is 18.7 Å². The monoisotopic (exact) mass is 404 g/mol. The van der Waals surface area contributed by atoms with Crippen molar-refractivity contribution in [2.75, 3.05) is 24.2 Å². The molecule has 0 aliphatic carbocycles. The molecule has 0 aliphatic heterocycles. The zero-order valence-corrected chi connectivity index (χ0v) is 17.4. The van der Waals surface area contributed by atoms with E-state index in [9.17, 15) is 13.2 Å². The van der Waals surface area contributed by atoms with Crippen LogP contribution >= 0.6 is 0 Å². The lowest BCUT2D eigenvalue weighted by Gasteiger charge is -2.30. The molecule has 6 nitrogen and oxygen atoms in total. The van der Waals surface area contributed by atoms with Gasteiger partial charge in [-0.1, -0.05) is 37.3 Å². The van der Waals surface area contributed by atoms with E-state index in [1.165, 1.54) is 4.31 Å². The first-order chi connectivity index (χ1) is 13.4. The summed E-state index contributed by atoms with van der Waals surface area (Å²) in [4.78, 5) is 12.7. The molecular formula is C21H28N2O4S. The number of hydrogen-bond donors (Lipinski definition) is 1. The van der Waals surface area contributed by atoms with E-state index in [1.807, 2.05) is 37.3 Å². The molecule has 28 heavy (non-hydrogen) atoms. The predicted molar refractivity (Wildman–Crippen MR) is 112 cm³/mol. The molecule has 0 saturated heterocycles. The Morgan fingerprint density at radius 1 is 1.11 bits per heavy atom. The van der Waals surface area contributed by atoms with Gasteiger partial charge in [0.05, 0.1) is 19.1 Å². The van der Waals surface area contributed by atoms with Gasteiger partial charge in [0.2, 0.25) is 15.9 Å². The molecule has 1 N–H and O–H groups in total. The van der Waals surface area contributed by atoms with Gasteiger partial charge in [-0.3, -0.25) is 9.10 Å². The van der Waals surface area contributed by atoms with E-state index in [4.69, 9.17) is 4.74 Å². The van der Waals surface area contributed by atoms with Crippen molar-refractivity contribution in [2.24, 2.45) is 0 Å². The first-order valence-corrected chi connectivity index (χ1v) is 11.2. The number of para-hydroxylation sites is 1. The van der Waals surface area contributed by atoms with Crippen molar-refractivity contribution < 1.29 is 17.9 Å². The molecule has 0 spiro atoms. The molecule has 152 valence electrons. The summed E-state index contributed by atoms with van der Waals surface area (Å²) < 4.78 is 31.0. The van der Waals surface area contributed by atoms with Gasteiger partial charge in [-0.2, -0.15) is 0 Å². The van der Waals surface area contributed by atoms with E-state index in [0.717, 1.165) is 30.4 Å². The minimum atomic E-state index is -3.59. The van der Waals surface area contributed by atoms with Crippen LogP contribution in [0.2, 0.25) is 0 Å². The summed E-state index contributed by atoms with van der Waals surface area (Å²) in [5.74, 6) is 0.524. The maximum absolute atomic E-state index is 12.7. The molecule has 0 saturated carbocycles. The molecule has 0 bridgehead atoms. The van der Waals surface area contributed by atoms with Crippen LogP contribution < -0.4 is 14.4 Å². The van der Waals surface area contributed by atoms with Crippen LogP contribution in [0.1, 0.15) is 25.3 Å². The van der Waals surface area contributed by atoms with Crippen LogP contribution in [-0.4, -0.2) is 40.3 Å². The fraction of sp³-hybridized carbons (Fsp3) is 0.381. The van der Waals surface area contributed by atoms with E-state index < -0.39 is 16.1 Å². The average Bonchev–Trinajstić information content (AvgIpc) is 2.69. The Bertz CT molecular complexity index is 852. The number of carbonyl (C=O) groups is 1. The molecule has 0 heterocycles. The zero-order chi connectivity index (χ0) is 20.6. The Balaban J connectivity index is 1.97. The first kappa shape index (κ1) is 21.8. The molecule has 7 heteroatoms. The number of sulfonamides is 1. The Kier molecular flexibility index (Phi) is 7.87. The highest BCUT2D eigenvalue weighted by Gasteiger charge is 2.31. The fourth-order valence-corrected chi connectivity index (χ4v) is 4.26. The molecule has 2 aromatic carbocycles. The van der Waals surface area contributed by atoms with Crippen LogP contribution in [0.4, 0.5) is 5.69 Å². The summed E-state index contributed by atoms with van der Waals surface area (Å²) in [5.41, 5.74) is 1.65. The van der Waals surface area contributed by atoms with Crippen LogP contribution in [-0.2, 0) is 21.2 Å². The fourth-order valence-electron chi connectivity index (χ4n) is 3.05. The molecule has 0 unspecified atom stereocenters. The summed E-state index contributed by atoms with van der Waals surface area (Å²) in [6.07, 6.45) is 3.08. The molecule has 2 aromatic rings. The van der Waals surface area contributed by atoms with E-state index >= 15 is 0 Å². The van der Waals surface area contributed by atoms with Gasteiger partial charge >= 0.3 is 0 Å². The number of nitrogens with zero attached hydrogens (tertiary/aromatic N) is 1.